The standard InChI is InChI=1S/C11H13N3O2/c12-10(15)8-14-11(16)13-7-6-9-4-2-1-3-5-9/h1-7H,8H2,(H2,12,15)(H2,13,14,16)/b7-6+. The van der Waals surface area contributed by atoms with Gasteiger partial charge in [0.25, 0.3) is 0 Å². The van der Waals surface area contributed by atoms with E-state index in [1.807, 2.05) is 30.3 Å². The fourth-order valence-corrected chi connectivity index (χ4v) is 0.996. The molecule has 1 aromatic rings. The van der Waals surface area contributed by atoms with Crippen LogP contribution in [-0.4, -0.2) is 18.5 Å². The molecule has 0 spiro atoms. The van der Waals surface area contributed by atoms with Gasteiger partial charge in [-0.15, -0.1) is 0 Å². The maximum absolute atomic E-state index is 11.1. The molecule has 5 nitrogen and oxygen atoms in total. The second-order valence-electron chi connectivity index (χ2n) is 3.04. The van der Waals surface area contributed by atoms with Crippen LogP contribution in [0.25, 0.3) is 6.08 Å². The molecule has 0 unspecified atom stereocenters. The Kier molecular flexibility index (Phi) is 4.59. The third-order valence-corrected chi connectivity index (χ3v) is 1.71. The highest BCUT2D eigenvalue weighted by Gasteiger charge is 1.98. The number of carbonyl (C=O) groups excluding carboxylic acids is 2. The first kappa shape index (κ1) is 11.8. The predicted molar refractivity (Wildman–Crippen MR) is 61.2 cm³/mol. The molecule has 0 aromatic heterocycles. The molecule has 0 bridgehead atoms. The van der Waals surface area contributed by atoms with Crippen molar-refractivity contribution < 1.29 is 9.59 Å². The molecule has 84 valence electrons. The lowest BCUT2D eigenvalue weighted by molar-refractivity contribution is -0.117. The van der Waals surface area contributed by atoms with Gasteiger partial charge < -0.3 is 16.4 Å². The first-order chi connectivity index (χ1) is 7.68. The van der Waals surface area contributed by atoms with E-state index >= 15 is 0 Å². The van der Waals surface area contributed by atoms with Gasteiger partial charge in [0.05, 0.1) is 6.54 Å². The maximum atomic E-state index is 11.1. The number of carbonyl (C=O) groups is 2. The number of amides is 3. The van der Waals surface area contributed by atoms with Crippen LogP contribution < -0.4 is 16.4 Å². The van der Waals surface area contributed by atoms with Crippen molar-refractivity contribution in [2.24, 2.45) is 5.73 Å². The Balaban J connectivity index is 2.32. The van der Waals surface area contributed by atoms with Crippen LogP contribution in [0.4, 0.5) is 4.79 Å². The zero-order valence-electron chi connectivity index (χ0n) is 8.64. The molecule has 3 amide bonds. The minimum absolute atomic E-state index is 0.176. The molecule has 4 N–H and O–H groups in total. The van der Waals surface area contributed by atoms with Gasteiger partial charge in [-0.05, 0) is 11.6 Å². The van der Waals surface area contributed by atoms with E-state index in [9.17, 15) is 9.59 Å². The summed E-state index contributed by atoms with van der Waals surface area (Å²) in [5.41, 5.74) is 5.83. The van der Waals surface area contributed by atoms with Crippen LogP contribution in [0.2, 0.25) is 0 Å². The van der Waals surface area contributed by atoms with Gasteiger partial charge in [0.1, 0.15) is 0 Å². The second-order valence-corrected chi connectivity index (χ2v) is 3.04. The predicted octanol–water partition coefficient (Wildman–Crippen LogP) is 0.442. The highest BCUT2D eigenvalue weighted by Crippen LogP contribution is 1.99. The minimum Gasteiger partial charge on any atom is -0.368 e. The smallest absolute Gasteiger partial charge is 0.319 e. The van der Waals surface area contributed by atoms with Gasteiger partial charge in [-0.1, -0.05) is 30.3 Å². The first-order valence-electron chi connectivity index (χ1n) is 4.73. The number of nitrogens with one attached hydrogen (secondary N) is 2. The topological polar surface area (TPSA) is 84.2 Å². The van der Waals surface area contributed by atoms with E-state index in [2.05, 4.69) is 10.6 Å². The van der Waals surface area contributed by atoms with E-state index in [1.165, 1.54) is 6.20 Å². The maximum Gasteiger partial charge on any atom is 0.319 e. The molecule has 0 saturated carbocycles. The van der Waals surface area contributed by atoms with Gasteiger partial charge in [0, 0.05) is 6.20 Å². The number of urea groups is 1. The SMILES string of the molecule is NC(=O)CNC(=O)N/C=C/c1ccccc1. The summed E-state index contributed by atoms with van der Waals surface area (Å²) in [7, 11) is 0. The van der Waals surface area contributed by atoms with Crippen LogP contribution in [-0.2, 0) is 4.79 Å². The van der Waals surface area contributed by atoms with Crippen LogP contribution in [0.1, 0.15) is 5.56 Å². The number of hydrogen-bond acceptors (Lipinski definition) is 2. The van der Waals surface area contributed by atoms with Gasteiger partial charge in [0.15, 0.2) is 0 Å². The molecule has 0 fully saturated rings. The number of nitrogens with two attached hydrogens (primary N) is 1. The molecular formula is C11H13N3O2. The Hall–Kier alpha value is -2.30. The van der Waals surface area contributed by atoms with Crippen molar-refractivity contribution in [1.82, 2.24) is 10.6 Å². The van der Waals surface area contributed by atoms with E-state index < -0.39 is 11.9 Å². The second kappa shape index (κ2) is 6.23. The van der Waals surface area contributed by atoms with E-state index in [-0.39, 0.29) is 6.54 Å². The van der Waals surface area contributed by atoms with Crippen molar-refractivity contribution in [2.75, 3.05) is 6.54 Å². The lowest BCUT2D eigenvalue weighted by atomic mass is 10.2. The fourth-order valence-electron chi connectivity index (χ4n) is 0.996. The number of rotatable bonds is 4. The molecule has 0 atom stereocenters. The summed E-state index contributed by atoms with van der Waals surface area (Å²) in [6, 6.07) is 9.04. The van der Waals surface area contributed by atoms with Gasteiger partial charge >= 0.3 is 6.03 Å². The summed E-state index contributed by atoms with van der Waals surface area (Å²) in [6.07, 6.45) is 3.23. The van der Waals surface area contributed by atoms with Crippen molar-refractivity contribution >= 4 is 18.0 Å². The Labute approximate surface area is 93.3 Å². The summed E-state index contributed by atoms with van der Waals surface area (Å²) in [4.78, 5) is 21.4. The van der Waals surface area contributed by atoms with E-state index in [0.29, 0.717) is 0 Å². The normalized spacial score (nSPS) is 10.0. The monoisotopic (exact) mass is 219 g/mol. The number of primary amides is 1. The van der Waals surface area contributed by atoms with Gasteiger partial charge in [-0.25, -0.2) is 4.79 Å². The first-order valence-corrected chi connectivity index (χ1v) is 4.73. The summed E-state index contributed by atoms with van der Waals surface area (Å²) in [6.45, 7) is -0.176. The molecule has 0 aliphatic rings. The quantitative estimate of drug-likeness (QED) is 0.686. The molecule has 0 aliphatic heterocycles. The van der Waals surface area contributed by atoms with Crippen molar-refractivity contribution in [2.45, 2.75) is 0 Å². The summed E-state index contributed by atoms with van der Waals surface area (Å²) < 4.78 is 0. The van der Waals surface area contributed by atoms with Crippen LogP contribution in [0.15, 0.2) is 36.5 Å². The third kappa shape index (κ3) is 4.80. The molecule has 16 heavy (non-hydrogen) atoms. The molecule has 0 heterocycles. The van der Waals surface area contributed by atoms with Crippen LogP contribution >= 0.6 is 0 Å². The van der Waals surface area contributed by atoms with Gasteiger partial charge in [-0.3, -0.25) is 4.79 Å². The molecular weight excluding hydrogens is 206 g/mol. The lowest BCUT2D eigenvalue weighted by Crippen LogP contribution is -2.38. The fraction of sp³-hybridized carbons (Fsp3) is 0.0909. The van der Waals surface area contributed by atoms with Crippen LogP contribution in [0.5, 0.6) is 0 Å². The average Bonchev–Trinajstić information content (AvgIpc) is 2.28. The Morgan fingerprint density at radius 2 is 1.94 bits per heavy atom. The minimum atomic E-state index is -0.581. The molecule has 0 saturated heterocycles. The van der Waals surface area contributed by atoms with Crippen LogP contribution in [0.3, 0.4) is 0 Å². The number of benzene rings is 1. The highest BCUT2D eigenvalue weighted by atomic mass is 16.2. The molecule has 0 aliphatic carbocycles. The zero-order valence-corrected chi connectivity index (χ0v) is 8.64. The van der Waals surface area contributed by atoms with Gasteiger partial charge in [-0.2, -0.15) is 0 Å². The zero-order chi connectivity index (χ0) is 11.8. The Morgan fingerprint density at radius 1 is 1.25 bits per heavy atom. The third-order valence-electron chi connectivity index (χ3n) is 1.71. The lowest BCUT2D eigenvalue weighted by Gasteiger charge is -2.00. The van der Waals surface area contributed by atoms with Crippen LogP contribution in [0, 0.1) is 0 Å². The van der Waals surface area contributed by atoms with Gasteiger partial charge in [0.2, 0.25) is 5.91 Å². The van der Waals surface area contributed by atoms with Crippen molar-refractivity contribution in [3.8, 4) is 0 Å². The van der Waals surface area contributed by atoms with Crippen molar-refractivity contribution in [1.29, 1.82) is 0 Å². The van der Waals surface area contributed by atoms with E-state index in [0.717, 1.165) is 5.56 Å². The average molecular weight is 219 g/mol. The summed E-state index contributed by atoms with van der Waals surface area (Å²) >= 11 is 0. The Morgan fingerprint density at radius 3 is 2.56 bits per heavy atom. The van der Waals surface area contributed by atoms with E-state index in [1.54, 1.807) is 6.08 Å². The molecule has 5 heteroatoms. The van der Waals surface area contributed by atoms with Crippen molar-refractivity contribution in [3.05, 3.63) is 42.1 Å². The van der Waals surface area contributed by atoms with E-state index in [4.69, 9.17) is 5.73 Å². The largest absolute Gasteiger partial charge is 0.368 e. The van der Waals surface area contributed by atoms with Crippen molar-refractivity contribution in [3.63, 3.8) is 0 Å². The Bertz CT molecular complexity index is 387. The molecule has 1 rings (SSSR count). The molecule has 0 radical (unpaired) electrons. The summed E-state index contributed by atoms with van der Waals surface area (Å²) in [5.74, 6) is -0.581. The number of hydrogen-bond donors (Lipinski definition) is 3. The highest BCUT2D eigenvalue weighted by molar-refractivity contribution is 5.83. The summed E-state index contributed by atoms with van der Waals surface area (Å²) in [5, 5.41) is 4.74. The molecule has 1 aromatic carbocycles.